The molecule has 5 heteroatoms. The van der Waals surface area contributed by atoms with Gasteiger partial charge in [-0.25, -0.2) is 0 Å². The van der Waals surface area contributed by atoms with Gasteiger partial charge in [-0.05, 0) is 37.1 Å². The summed E-state index contributed by atoms with van der Waals surface area (Å²) in [7, 11) is 0. The van der Waals surface area contributed by atoms with E-state index in [4.69, 9.17) is 23.1 Å². The summed E-state index contributed by atoms with van der Waals surface area (Å²) in [4.78, 5) is 11.6. The number of halogens is 1. The van der Waals surface area contributed by atoms with Crippen molar-refractivity contribution < 1.29 is 4.79 Å². The zero-order chi connectivity index (χ0) is 15.6. The molecule has 0 radical (unpaired) electrons. The lowest BCUT2D eigenvalue weighted by Gasteiger charge is -2.20. The Bertz CT molecular complexity index is 685. The Morgan fingerprint density at radius 2 is 1.95 bits per heavy atom. The van der Waals surface area contributed by atoms with Crippen molar-refractivity contribution in [3.63, 3.8) is 0 Å². The highest BCUT2D eigenvalue weighted by atomic mass is 35.5. The van der Waals surface area contributed by atoms with Crippen molar-refractivity contribution in [1.29, 1.82) is 0 Å². The highest BCUT2D eigenvalue weighted by Gasteiger charge is 2.16. The average Bonchev–Trinajstić information content (AvgIpc) is 2.41. The normalized spacial score (nSPS) is 12.0. The van der Waals surface area contributed by atoms with Crippen molar-refractivity contribution in [3.8, 4) is 0 Å². The lowest BCUT2D eigenvalue weighted by atomic mass is 10.0. The van der Waals surface area contributed by atoms with Crippen molar-refractivity contribution >= 4 is 28.9 Å². The van der Waals surface area contributed by atoms with Gasteiger partial charge in [0.15, 0.2) is 0 Å². The van der Waals surface area contributed by atoms with Crippen molar-refractivity contribution in [3.05, 3.63) is 58.1 Å². The molecular formula is C16H18ClN3O. The number of nitrogens with two attached hydrogens (primary N) is 2. The highest BCUT2D eigenvalue weighted by Crippen LogP contribution is 2.32. The number of nitrogens with one attached hydrogen (secondary N) is 1. The molecule has 21 heavy (non-hydrogen) atoms. The predicted molar refractivity (Wildman–Crippen MR) is 87.6 cm³/mol. The number of aryl methyl sites for hydroxylation is 1. The van der Waals surface area contributed by atoms with Gasteiger partial charge in [0.1, 0.15) is 0 Å². The molecular weight excluding hydrogens is 286 g/mol. The van der Waals surface area contributed by atoms with E-state index in [1.165, 1.54) is 6.07 Å². The number of amides is 1. The molecule has 0 heterocycles. The van der Waals surface area contributed by atoms with Crippen molar-refractivity contribution in [2.45, 2.75) is 19.9 Å². The fourth-order valence-electron chi connectivity index (χ4n) is 2.34. The van der Waals surface area contributed by atoms with Gasteiger partial charge in [0.05, 0.1) is 16.3 Å². The Morgan fingerprint density at radius 1 is 1.29 bits per heavy atom. The number of benzene rings is 2. The van der Waals surface area contributed by atoms with Gasteiger partial charge in [-0.1, -0.05) is 35.9 Å². The molecule has 0 fully saturated rings. The van der Waals surface area contributed by atoms with Crippen LogP contribution < -0.4 is 16.8 Å². The first-order valence-corrected chi connectivity index (χ1v) is 6.99. The molecule has 1 unspecified atom stereocenters. The van der Waals surface area contributed by atoms with Gasteiger partial charge in [-0.3, -0.25) is 4.79 Å². The molecule has 2 aromatic carbocycles. The standard InChI is InChI=1S/C16H18ClN3O/c1-9-5-3-4-6-12(9)10(2)20-15-13(16(19)21)7-11(18)8-14(15)17/h3-8,10,20H,18H2,1-2H3,(H2,19,21). The topological polar surface area (TPSA) is 81.1 Å². The van der Waals surface area contributed by atoms with Crippen LogP contribution in [0, 0.1) is 6.92 Å². The molecule has 2 aromatic rings. The number of primary amides is 1. The number of carbonyl (C=O) groups excluding carboxylic acids is 1. The second-order valence-electron chi connectivity index (χ2n) is 5.01. The summed E-state index contributed by atoms with van der Waals surface area (Å²) < 4.78 is 0. The van der Waals surface area contributed by atoms with Crippen molar-refractivity contribution in [2.75, 3.05) is 11.1 Å². The Kier molecular flexibility index (Phi) is 4.38. The van der Waals surface area contributed by atoms with Crippen LogP contribution in [0.15, 0.2) is 36.4 Å². The number of rotatable bonds is 4. The van der Waals surface area contributed by atoms with E-state index in [0.29, 0.717) is 22.0 Å². The molecule has 0 aliphatic rings. The molecule has 1 atom stereocenters. The minimum absolute atomic E-state index is 0.0228. The van der Waals surface area contributed by atoms with E-state index >= 15 is 0 Å². The zero-order valence-corrected chi connectivity index (χ0v) is 12.7. The molecule has 1 amide bonds. The molecule has 4 nitrogen and oxygen atoms in total. The highest BCUT2D eigenvalue weighted by molar-refractivity contribution is 6.34. The van der Waals surface area contributed by atoms with Gasteiger partial charge in [0, 0.05) is 11.7 Å². The minimum atomic E-state index is -0.566. The van der Waals surface area contributed by atoms with Gasteiger partial charge in [0.25, 0.3) is 5.91 Å². The molecule has 0 spiro atoms. The summed E-state index contributed by atoms with van der Waals surface area (Å²) in [5.74, 6) is -0.566. The average molecular weight is 304 g/mol. The van der Waals surface area contributed by atoms with Gasteiger partial charge >= 0.3 is 0 Å². The van der Waals surface area contributed by atoms with Crippen LogP contribution in [-0.2, 0) is 0 Å². The molecule has 0 aliphatic carbocycles. The largest absolute Gasteiger partial charge is 0.399 e. The summed E-state index contributed by atoms with van der Waals surface area (Å²) in [6.07, 6.45) is 0. The molecule has 5 N–H and O–H groups in total. The Balaban J connectivity index is 2.40. The van der Waals surface area contributed by atoms with Crippen molar-refractivity contribution in [1.82, 2.24) is 0 Å². The Morgan fingerprint density at radius 3 is 2.57 bits per heavy atom. The lowest BCUT2D eigenvalue weighted by molar-refractivity contribution is 0.100. The van der Waals surface area contributed by atoms with E-state index in [0.717, 1.165) is 11.1 Å². The molecule has 0 aromatic heterocycles. The molecule has 0 aliphatic heterocycles. The van der Waals surface area contributed by atoms with Gasteiger partial charge in [-0.2, -0.15) is 0 Å². The van der Waals surface area contributed by atoms with E-state index in [-0.39, 0.29) is 6.04 Å². The smallest absolute Gasteiger partial charge is 0.250 e. The van der Waals surface area contributed by atoms with Crippen LogP contribution in [0.25, 0.3) is 0 Å². The second-order valence-corrected chi connectivity index (χ2v) is 5.42. The minimum Gasteiger partial charge on any atom is -0.399 e. The fraction of sp³-hybridized carbons (Fsp3) is 0.188. The Hall–Kier alpha value is -2.20. The molecule has 0 bridgehead atoms. The van der Waals surface area contributed by atoms with Gasteiger partial charge < -0.3 is 16.8 Å². The Labute approximate surface area is 129 Å². The number of hydrogen-bond donors (Lipinski definition) is 3. The van der Waals surface area contributed by atoms with E-state index in [2.05, 4.69) is 5.32 Å². The number of hydrogen-bond acceptors (Lipinski definition) is 3. The number of nitrogen functional groups attached to an aromatic ring is 1. The second kappa shape index (κ2) is 6.06. The first kappa shape index (κ1) is 15.2. The van der Waals surface area contributed by atoms with Crippen LogP contribution >= 0.6 is 11.6 Å². The van der Waals surface area contributed by atoms with Crippen LogP contribution in [0.2, 0.25) is 5.02 Å². The quantitative estimate of drug-likeness (QED) is 0.756. The maximum Gasteiger partial charge on any atom is 0.250 e. The zero-order valence-electron chi connectivity index (χ0n) is 12.0. The molecule has 0 saturated heterocycles. The molecule has 110 valence electrons. The summed E-state index contributed by atoms with van der Waals surface area (Å²) in [6, 6.07) is 11.1. The van der Waals surface area contributed by atoms with E-state index in [9.17, 15) is 4.79 Å². The van der Waals surface area contributed by atoms with E-state index < -0.39 is 5.91 Å². The van der Waals surface area contributed by atoms with Crippen LogP contribution in [-0.4, -0.2) is 5.91 Å². The third-order valence-electron chi connectivity index (χ3n) is 3.39. The first-order chi connectivity index (χ1) is 9.90. The predicted octanol–water partition coefficient (Wildman–Crippen LogP) is 3.50. The fourth-order valence-corrected chi connectivity index (χ4v) is 2.62. The van der Waals surface area contributed by atoms with E-state index in [1.807, 2.05) is 38.1 Å². The van der Waals surface area contributed by atoms with Crippen LogP contribution in [0.3, 0.4) is 0 Å². The number of anilines is 2. The third-order valence-corrected chi connectivity index (χ3v) is 3.69. The molecule has 2 rings (SSSR count). The lowest BCUT2D eigenvalue weighted by Crippen LogP contribution is -2.17. The SMILES string of the molecule is Cc1ccccc1C(C)Nc1c(Cl)cc(N)cc1C(N)=O. The van der Waals surface area contributed by atoms with Crippen LogP contribution in [0.1, 0.15) is 34.5 Å². The number of carbonyl (C=O) groups is 1. The van der Waals surface area contributed by atoms with Gasteiger partial charge in [-0.15, -0.1) is 0 Å². The van der Waals surface area contributed by atoms with E-state index in [1.54, 1.807) is 6.07 Å². The van der Waals surface area contributed by atoms with Crippen molar-refractivity contribution in [2.24, 2.45) is 5.73 Å². The van der Waals surface area contributed by atoms with Gasteiger partial charge in [0.2, 0.25) is 0 Å². The summed E-state index contributed by atoms with van der Waals surface area (Å²) >= 11 is 6.20. The van der Waals surface area contributed by atoms with Crippen LogP contribution in [0.4, 0.5) is 11.4 Å². The monoisotopic (exact) mass is 303 g/mol. The van der Waals surface area contributed by atoms with Crippen LogP contribution in [0.5, 0.6) is 0 Å². The summed E-state index contributed by atoms with van der Waals surface area (Å²) in [5, 5.41) is 3.64. The third kappa shape index (κ3) is 3.28. The maximum absolute atomic E-state index is 11.6. The summed E-state index contributed by atoms with van der Waals surface area (Å²) in [5.41, 5.74) is 14.6. The molecule has 0 saturated carbocycles. The maximum atomic E-state index is 11.6. The summed E-state index contributed by atoms with van der Waals surface area (Å²) in [6.45, 7) is 4.03. The first-order valence-electron chi connectivity index (χ1n) is 6.61.